The molecule has 1 aromatic carbocycles. The molecule has 0 saturated heterocycles. The first-order chi connectivity index (χ1) is 19.1. The number of benzene rings is 1. The van der Waals surface area contributed by atoms with Gasteiger partial charge in [0.1, 0.15) is 17.4 Å². The molecule has 1 atom stereocenters. The molecule has 0 aliphatic heterocycles. The molecule has 2 N–H and O–H groups in total. The number of carboxylic acid groups (broad SMARTS) is 1. The summed E-state index contributed by atoms with van der Waals surface area (Å²) in [6.07, 6.45) is -0.896. The van der Waals surface area contributed by atoms with Gasteiger partial charge < -0.3 is 19.7 Å². The van der Waals surface area contributed by atoms with Gasteiger partial charge in [0.2, 0.25) is 0 Å². The average Bonchev–Trinajstić information content (AvgIpc) is 2.82. The van der Waals surface area contributed by atoms with E-state index >= 15 is 0 Å². The molecule has 238 valence electrons. The maximum atomic E-state index is 13.5. The first-order valence-electron chi connectivity index (χ1n) is 13.4. The van der Waals surface area contributed by atoms with Gasteiger partial charge in [0.05, 0.1) is 13.2 Å². The zero-order valence-corrected chi connectivity index (χ0v) is 28.3. The number of carboxylic acids is 1. The van der Waals surface area contributed by atoms with Crippen LogP contribution in [0.15, 0.2) is 24.3 Å². The molecule has 1 rings (SSSR count). The van der Waals surface area contributed by atoms with Crippen LogP contribution in [0.25, 0.3) is 0 Å². The van der Waals surface area contributed by atoms with Crippen molar-refractivity contribution in [3.8, 4) is 5.75 Å². The highest BCUT2D eigenvalue weighted by Crippen LogP contribution is 2.49. The molecular formula is C28H44NO10PS2. The topological polar surface area (TPSA) is 155 Å². The second-order valence-electron chi connectivity index (χ2n) is 12.4. The van der Waals surface area contributed by atoms with Crippen molar-refractivity contribution in [2.45, 2.75) is 80.4 Å². The minimum absolute atomic E-state index is 0.0441. The van der Waals surface area contributed by atoms with E-state index in [0.717, 1.165) is 23.5 Å². The van der Waals surface area contributed by atoms with E-state index in [0.29, 0.717) is 5.56 Å². The monoisotopic (exact) mass is 649 g/mol. The number of nitrogens with one attached hydrogen (secondary N) is 1. The van der Waals surface area contributed by atoms with E-state index in [4.69, 9.17) is 18.3 Å². The van der Waals surface area contributed by atoms with Crippen LogP contribution in [-0.4, -0.2) is 63.8 Å². The van der Waals surface area contributed by atoms with Crippen LogP contribution in [0.2, 0.25) is 0 Å². The van der Waals surface area contributed by atoms with Crippen molar-refractivity contribution >= 4 is 53.6 Å². The van der Waals surface area contributed by atoms with E-state index < -0.39 is 42.4 Å². The minimum Gasteiger partial charge on any atom is -0.480 e. The van der Waals surface area contributed by atoms with Gasteiger partial charge in [-0.1, -0.05) is 77.2 Å². The van der Waals surface area contributed by atoms with E-state index in [-0.39, 0.29) is 47.1 Å². The Balaban J connectivity index is 2.91. The summed E-state index contributed by atoms with van der Waals surface area (Å²) < 4.78 is 35.2. The van der Waals surface area contributed by atoms with Gasteiger partial charge in [0, 0.05) is 28.8 Å². The van der Waals surface area contributed by atoms with Gasteiger partial charge in [-0.2, -0.15) is 0 Å². The lowest BCUT2D eigenvalue weighted by Gasteiger charge is -2.22. The number of carbonyl (C=O) groups excluding carboxylic acids is 3. The van der Waals surface area contributed by atoms with Crippen molar-refractivity contribution in [3.05, 3.63) is 29.8 Å². The van der Waals surface area contributed by atoms with Crippen molar-refractivity contribution in [1.82, 2.24) is 5.32 Å². The Labute approximate surface area is 257 Å². The number of hydrogen-bond donors (Lipinski definition) is 2. The third-order valence-electron chi connectivity index (χ3n) is 4.93. The summed E-state index contributed by atoms with van der Waals surface area (Å²) >= 11 is 2.10. The zero-order valence-electron chi connectivity index (χ0n) is 25.8. The van der Waals surface area contributed by atoms with Gasteiger partial charge >= 0.3 is 19.9 Å². The molecule has 42 heavy (non-hydrogen) atoms. The quantitative estimate of drug-likeness (QED) is 0.171. The Morgan fingerprint density at radius 2 is 1.29 bits per heavy atom. The lowest BCUT2D eigenvalue weighted by Crippen LogP contribution is -2.44. The van der Waals surface area contributed by atoms with Crippen molar-refractivity contribution in [1.29, 1.82) is 0 Å². The second kappa shape index (κ2) is 16.1. The lowest BCUT2D eigenvalue weighted by molar-refractivity contribution is -0.139. The van der Waals surface area contributed by atoms with Gasteiger partial charge in [-0.15, -0.1) is 0 Å². The number of phosphoric acid groups is 1. The molecule has 1 amide bonds. The van der Waals surface area contributed by atoms with E-state index in [1.165, 1.54) is 12.1 Å². The van der Waals surface area contributed by atoms with Crippen molar-refractivity contribution in [3.63, 3.8) is 0 Å². The van der Waals surface area contributed by atoms with Crippen LogP contribution < -0.4 is 9.84 Å². The molecule has 0 radical (unpaired) electrons. The molecule has 0 heterocycles. The van der Waals surface area contributed by atoms with Crippen LogP contribution >= 0.6 is 31.3 Å². The standard InChI is InChI=1S/C28H44NO10PS2/c1-26(2,3)23(32)41-16-14-36-40(35,37-15-17-42-24(33)27(4,5)6)39-20-12-10-19(11-13-20)18-21(22(30)31)29-25(34)38-28(7,8)9/h10-13,21H,14-18H2,1-9H3,(H,29,34)(H,30,31)/t21-/m0/s1. The Morgan fingerprint density at radius 1 is 0.833 bits per heavy atom. The maximum Gasteiger partial charge on any atom is 0.530 e. The first-order valence-corrected chi connectivity index (χ1v) is 16.8. The van der Waals surface area contributed by atoms with Crippen LogP contribution in [0.5, 0.6) is 5.75 Å². The number of aliphatic carboxylic acids is 1. The normalized spacial score (nSPS) is 13.3. The fourth-order valence-corrected chi connectivity index (χ4v) is 5.80. The van der Waals surface area contributed by atoms with Gasteiger partial charge in [-0.25, -0.2) is 14.2 Å². The van der Waals surface area contributed by atoms with E-state index in [1.54, 1.807) is 74.4 Å². The summed E-state index contributed by atoms with van der Waals surface area (Å²) in [5, 5.41) is 11.8. The lowest BCUT2D eigenvalue weighted by atomic mass is 9.99. The highest BCUT2D eigenvalue weighted by atomic mass is 32.2. The van der Waals surface area contributed by atoms with E-state index in [9.17, 15) is 28.8 Å². The van der Waals surface area contributed by atoms with E-state index in [2.05, 4.69) is 5.32 Å². The highest BCUT2D eigenvalue weighted by Gasteiger charge is 2.31. The molecule has 11 nitrogen and oxygen atoms in total. The predicted octanol–water partition coefficient (Wildman–Crippen LogP) is 6.34. The zero-order chi connectivity index (χ0) is 32.4. The summed E-state index contributed by atoms with van der Waals surface area (Å²) in [6.45, 7) is 15.6. The van der Waals surface area contributed by atoms with Crippen LogP contribution in [0.3, 0.4) is 0 Å². The maximum absolute atomic E-state index is 13.5. The Bertz CT molecular complexity index is 1080. The van der Waals surface area contributed by atoms with Gasteiger partial charge in [0.15, 0.2) is 10.2 Å². The number of carbonyl (C=O) groups is 4. The molecule has 0 aliphatic rings. The van der Waals surface area contributed by atoms with Crippen molar-refractivity contribution < 1.29 is 47.2 Å². The predicted molar refractivity (Wildman–Crippen MR) is 165 cm³/mol. The van der Waals surface area contributed by atoms with Crippen molar-refractivity contribution in [2.75, 3.05) is 24.7 Å². The average molecular weight is 650 g/mol. The summed E-state index contributed by atoms with van der Waals surface area (Å²) in [6, 6.07) is 4.81. The number of hydrogen-bond acceptors (Lipinski definition) is 11. The molecule has 0 saturated carbocycles. The first kappa shape index (κ1) is 38.0. The van der Waals surface area contributed by atoms with Crippen LogP contribution in [0.4, 0.5) is 4.79 Å². The summed E-state index contributed by atoms with van der Waals surface area (Å²) in [5.74, 6) is -0.655. The molecule has 1 aromatic rings. The number of amides is 1. The van der Waals surface area contributed by atoms with Gasteiger partial charge in [0.25, 0.3) is 0 Å². The Kier molecular flexibility index (Phi) is 14.6. The SMILES string of the molecule is CC(C)(C)OC(=O)N[C@@H](Cc1ccc(OP(=O)(OCCSC(=O)C(C)(C)C)OCCSC(=O)C(C)(C)C)cc1)C(=O)O. The molecule has 0 aromatic heterocycles. The summed E-state index contributed by atoms with van der Waals surface area (Å²) in [7, 11) is -4.16. The highest BCUT2D eigenvalue weighted by molar-refractivity contribution is 8.14. The largest absolute Gasteiger partial charge is 0.530 e. The molecule has 0 fully saturated rings. The van der Waals surface area contributed by atoms with Crippen LogP contribution in [0, 0.1) is 10.8 Å². The third kappa shape index (κ3) is 15.4. The second-order valence-corrected chi connectivity index (χ2v) is 16.1. The third-order valence-corrected chi connectivity index (χ3v) is 8.85. The Morgan fingerprint density at radius 3 is 1.67 bits per heavy atom. The molecule has 0 unspecified atom stereocenters. The van der Waals surface area contributed by atoms with Crippen LogP contribution in [-0.2, 0) is 39.2 Å². The number of phosphoric ester groups is 1. The number of rotatable bonds is 14. The smallest absolute Gasteiger partial charge is 0.480 e. The molecule has 0 spiro atoms. The van der Waals surface area contributed by atoms with Crippen LogP contribution in [0.1, 0.15) is 67.9 Å². The van der Waals surface area contributed by atoms with Gasteiger partial charge in [-0.3, -0.25) is 18.6 Å². The molecular weight excluding hydrogens is 605 g/mol. The fraction of sp³-hybridized carbons (Fsp3) is 0.643. The molecule has 0 bridgehead atoms. The van der Waals surface area contributed by atoms with E-state index in [1.807, 2.05) is 0 Å². The molecule has 0 aliphatic carbocycles. The van der Waals surface area contributed by atoms with Gasteiger partial charge in [-0.05, 0) is 38.5 Å². The van der Waals surface area contributed by atoms with Crippen molar-refractivity contribution in [2.24, 2.45) is 10.8 Å². The number of alkyl carbamates (subject to hydrolysis) is 1. The Hall–Kier alpha value is -2.05. The minimum atomic E-state index is -4.16. The summed E-state index contributed by atoms with van der Waals surface area (Å²) in [5.41, 5.74) is -1.31. The molecule has 14 heteroatoms. The summed E-state index contributed by atoms with van der Waals surface area (Å²) in [4.78, 5) is 48.1. The number of thioether (sulfide) groups is 2. The number of ether oxygens (including phenoxy) is 1. The fourth-order valence-electron chi connectivity index (χ4n) is 2.79.